The van der Waals surface area contributed by atoms with Crippen molar-refractivity contribution in [1.82, 2.24) is 0 Å². The Morgan fingerprint density at radius 3 is 2.58 bits per heavy atom. The van der Waals surface area contributed by atoms with Crippen molar-refractivity contribution in [2.45, 2.75) is 26.7 Å². The van der Waals surface area contributed by atoms with Crippen molar-refractivity contribution in [3.05, 3.63) is 29.3 Å². The fourth-order valence-corrected chi connectivity index (χ4v) is 2.03. The van der Waals surface area contributed by atoms with Crippen LogP contribution in [-0.2, 0) is 4.79 Å². The maximum Gasteiger partial charge on any atom is 0.279 e. The number of aryl methyl sites for hydroxylation is 2. The Balaban J connectivity index is 2.49. The van der Waals surface area contributed by atoms with Crippen molar-refractivity contribution in [3.63, 3.8) is 0 Å². The zero-order valence-corrected chi connectivity index (χ0v) is 11.9. The van der Waals surface area contributed by atoms with E-state index in [9.17, 15) is 4.79 Å². The van der Waals surface area contributed by atoms with Crippen LogP contribution in [0.25, 0.3) is 0 Å². The number of unbranched alkanes of at least 4 members (excludes halogenated alkanes) is 1. The summed E-state index contributed by atoms with van der Waals surface area (Å²) in [5.41, 5.74) is 3.07. The minimum atomic E-state index is 0.0202. The van der Waals surface area contributed by atoms with E-state index in [4.69, 9.17) is 5.26 Å². The largest absolute Gasteiger partial charge is 0.330 e. The second-order valence-corrected chi connectivity index (χ2v) is 4.96. The lowest BCUT2D eigenvalue weighted by Gasteiger charge is -2.15. The number of quaternary nitrogens is 1. The quantitative estimate of drug-likeness (QED) is 0.751. The molecule has 0 aromatic heterocycles. The molecule has 0 saturated carbocycles. The number of hydrogen-bond acceptors (Lipinski definition) is 2. The van der Waals surface area contributed by atoms with Gasteiger partial charge in [0.05, 0.1) is 19.7 Å². The Morgan fingerprint density at radius 1 is 1.37 bits per heavy atom. The normalized spacial score (nSPS) is 11.7. The molecule has 1 unspecified atom stereocenters. The first-order chi connectivity index (χ1) is 9.04. The Bertz CT molecular complexity index is 457. The minimum Gasteiger partial charge on any atom is -0.330 e. The molecule has 1 amide bonds. The van der Waals surface area contributed by atoms with E-state index in [1.54, 1.807) is 0 Å². The Kier molecular flexibility index (Phi) is 6.04. The molecular weight excluding hydrogens is 238 g/mol. The maximum absolute atomic E-state index is 12.0. The molecule has 0 heterocycles. The predicted molar refractivity (Wildman–Crippen MR) is 76.0 cm³/mol. The molecule has 4 heteroatoms. The van der Waals surface area contributed by atoms with Gasteiger partial charge in [0, 0.05) is 18.5 Å². The zero-order valence-electron chi connectivity index (χ0n) is 11.9. The third-order valence-corrected chi connectivity index (χ3v) is 3.10. The minimum absolute atomic E-state index is 0.0202. The van der Waals surface area contributed by atoms with Gasteiger partial charge in [0.15, 0.2) is 6.54 Å². The molecule has 0 aliphatic carbocycles. The number of rotatable bonds is 6. The number of nitriles is 1. The van der Waals surface area contributed by atoms with Crippen LogP contribution in [0.15, 0.2) is 18.2 Å². The van der Waals surface area contributed by atoms with Gasteiger partial charge in [-0.2, -0.15) is 5.26 Å². The van der Waals surface area contributed by atoms with E-state index >= 15 is 0 Å². The highest BCUT2D eigenvalue weighted by atomic mass is 16.2. The topological polar surface area (TPSA) is 57.3 Å². The molecule has 1 rings (SSSR count). The van der Waals surface area contributed by atoms with Crippen LogP contribution in [0.5, 0.6) is 0 Å². The fourth-order valence-electron chi connectivity index (χ4n) is 2.03. The molecular formula is C15H22N3O+. The first-order valence-electron chi connectivity index (χ1n) is 6.59. The van der Waals surface area contributed by atoms with Gasteiger partial charge in [0.1, 0.15) is 0 Å². The van der Waals surface area contributed by atoms with Gasteiger partial charge in [-0.05, 0) is 25.0 Å². The zero-order chi connectivity index (χ0) is 14.3. The van der Waals surface area contributed by atoms with Crippen LogP contribution in [0.3, 0.4) is 0 Å². The second-order valence-electron chi connectivity index (χ2n) is 4.96. The average molecular weight is 260 g/mol. The number of nitrogens with zero attached hydrogens (tertiary/aromatic N) is 1. The third-order valence-electron chi connectivity index (χ3n) is 3.10. The lowest BCUT2D eigenvalue weighted by atomic mass is 10.1. The number of likely N-dealkylation sites (N-methyl/N-ethyl adjacent to an activating group) is 1. The van der Waals surface area contributed by atoms with Gasteiger partial charge in [-0.25, -0.2) is 0 Å². The molecule has 2 N–H and O–H groups in total. The van der Waals surface area contributed by atoms with Gasteiger partial charge in [-0.3, -0.25) is 4.79 Å². The summed E-state index contributed by atoms with van der Waals surface area (Å²) >= 11 is 0. The van der Waals surface area contributed by atoms with Gasteiger partial charge in [-0.1, -0.05) is 18.2 Å². The summed E-state index contributed by atoms with van der Waals surface area (Å²) in [6.45, 7) is 5.26. The van der Waals surface area contributed by atoms with E-state index in [-0.39, 0.29) is 5.91 Å². The summed E-state index contributed by atoms with van der Waals surface area (Å²) in [6.07, 6.45) is 1.38. The highest BCUT2D eigenvalue weighted by molar-refractivity contribution is 5.93. The van der Waals surface area contributed by atoms with Crippen molar-refractivity contribution in [1.29, 1.82) is 5.26 Å². The molecule has 0 spiro atoms. The van der Waals surface area contributed by atoms with Crippen LogP contribution in [0.2, 0.25) is 0 Å². The Labute approximate surface area is 115 Å². The van der Waals surface area contributed by atoms with Gasteiger partial charge >= 0.3 is 0 Å². The highest BCUT2D eigenvalue weighted by Crippen LogP contribution is 2.18. The van der Waals surface area contributed by atoms with E-state index in [0.717, 1.165) is 34.7 Å². The van der Waals surface area contributed by atoms with E-state index in [2.05, 4.69) is 11.4 Å². The molecule has 0 fully saturated rings. The Morgan fingerprint density at radius 2 is 2.00 bits per heavy atom. The van der Waals surface area contributed by atoms with Crippen molar-refractivity contribution in [3.8, 4) is 6.07 Å². The summed E-state index contributed by atoms with van der Waals surface area (Å²) < 4.78 is 0. The number of carbonyl (C=O) groups is 1. The van der Waals surface area contributed by atoms with E-state index < -0.39 is 0 Å². The molecule has 0 aliphatic heterocycles. The molecule has 1 aromatic rings. The third kappa shape index (κ3) is 5.11. The van der Waals surface area contributed by atoms with Crippen molar-refractivity contribution < 1.29 is 9.69 Å². The Hall–Kier alpha value is -1.86. The van der Waals surface area contributed by atoms with Crippen molar-refractivity contribution in [2.75, 3.05) is 25.5 Å². The summed E-state index contributed by atoms with van der Waals surface area (Å²) in [6, 6.07) is 8.09. The molecule has 0 bridgehead atoms. The van der Waals surface area contributed by atoms with Gasteiger partial charge in [-0.15, -0.1) is 0 Å². The number of anilines is 1. The first kappa shape index (κ1) is 15.2. The smallest absolute Gasteiger partial charge is 0.279 e. The lowest BCUT2D eigenvalue weighted by Crippen LogP contribution is -3.10. The number of hydrogen-bond donors (Lipinski definition) is 2. The molecule has 19 heavy (non-hydrogen) atoms. The highest BCUT2D eigenvalue weighted by Gasteiger charge is 2.12. The van der Waals surface area contributed by atoms with Crippen LogP contribution >= 0.6 is 0 Å². The molecule has 1 aromatic carbocycles. The number of nitrogens with one attached hydrogen (secondary N) is 2. The summed E-state index contributed by atoms with van der Waals surface area (Å²) in [5, 5.41) is 11.5. The van der Waals surface area contributed by atoms with Crippen LogP contribution in [0.4, 0.5) is 5.69 Å². The number of benzene rings is 1. The molecule has 102 valence electrons. The van der Waals surface area contributed by atoms with Gasteiger partial charge in [0.25, 0.3) is 5.91 Å². The molecule has 1 atom stereocenters. The molecule has 0 aliphatic rings. The van der Waals surface area contributed by atoms with Crippen molar-refractivity contribution >= 4 is 11.6 Å². The standard InChI is InChI=1S/C15H21N3O/c1-12-7-6-8-13(2)15(12)17-14(19)11-18(3)10-5-4-9-16/h6-8H,4-5,10-11H2,1-3H3,(H,17,19)/p+1. The SMILES string of the molecule is Cc1cccc(C)c1NC(=O)C[NH+](C)CCCC#N. The van der Waals surface area contributed by atoms with E-state index in [1.807, 2.05) is 39.1 Å². The number of para-hydroxylation sites is 1. The lowest BCUT2D eigenvalue weighted by molar-refractivity contribution is -0.871. The van der Waals surface area contributed by atoms with Gasteiger partial charge < -0.3 is 10.2 Å². The predicted octanol–water partition coefficient (Wildman–Crippen LogP) is 1.06. The first-order valence-corrected chi connectivity index (χ1v) is 6.59. The maximum atomic E-state index is 12.0. The molecule has 0 radical (unpaired) electrons. The van der Waals surface area contributed by atoms with Crippen LogP contribution < -0.4 is 10.2 Å². The molecule has 0 saturated heterocycles. The number of amides is 1. The second kappa shape index (κ2) is 7.55. The summed E-state index contributed by atoms with van der Waals surface area (Å²) in [7, 11) is 1.97. The van der Waals surface area contributed by atoms with Crippen molar-refractivity contribution in [2.24, 2.45) is 0 Å². The van der Waals surface area contributed by atoms with Crippen LogP contribution in [0.1, 0.15) is 24.0 Å². The summed E-state index contributed by atoms with van der Waals surface area (Å²) in [5.74, 6) is 0.0202. The monoisotopic (exact) mass is 260 g/mol. The van der Waals surface area contributed by atoms with E-state index in [1.165, 1.54) is 0 Å². The average Bonchev–Trinajstić information content (AvgIpc) is 2.34. The fraction of sp³-hybridized carbons (Fsp3) is 0.467. The van der Waals surface area contributed by atoms with E-state index in [0.29, 0.717) is 13.0 Å². The van der Waals surface area contributed by atoms with Crippen LogP contribution in [0, 0.1) is 25.2 Å². The summed E-state index contributed by atoms with van der Waals surface area (Å²) in [4.78, 5) is 13.1. The van der Waals surface area contributed by atoms with Crippen LogP contribution in [-0.4, -0.2) is 26.0 Å². The van der Waals surface area contributed by atoms with Gasteiger partial charge in [0.2, 0.25) is 0 Å². The number of carbonyl (C=O) groups excluding carboxylic acids is 1. The molecule has 4 nitrogen and oxygen atoms in total.